The van der Waals surface area contributed by atoms with Gasteiger partial charge in [-0.05, 0) is 31.0 Å². The van der Waals surface area contributed by atoms with E-state index in [4.69, 9.17) is 5.11 Å². The third kappa shape index (κ3) is 2.18. The van der Waals surface area contributed by atoms with Crippen LogP contribution in [-0.2, 0) is 0 Å². The third-order valence-electron chi connectivity index (χ3n) is 2.63. The molecule has 0 saturated heterocycles. The Kier molecular flexibility index (Phi) is 2.91. The number of carbonyl (C=O) groups is 1. The van der Waals surface area contributed by atoms with E-state index in [1.54, 1.807) is 24.4 Å². The lowest BCUT2D eigenvalue weighted by atomic mass is 10.0. The van der Waals surface area contributed by atoms with E-state index in [1.165, 1.54) is 0 Å². The predicted octanol–water partition coefficient (Wildman–Crippen LogP) is 3.06. The van der Waals surface area contributed by atoms with Crippen molar-refractivity contribution in [1.29, 1.82) is 0 Å². The molecule has 0 saturated carbocycles. The van der Waals surface area contributed by atoms with Gasteiger partial charge in [-0.15, -0.1) is 0 Å². The highest BCUT2D eigenvalue weighted by atomic mass is 16.4. The van der Waals surface area contributed by atoms with Crippen molar-refractivity contribution in [3.05, 3.63) is 53.2 Å². The molecule has 3 nitrogen and oxygen atoms in total. The van der Waals surface area contributed by atoms with E-state index in [9.17, 15) is 4.79 Å². The van der Waals surface area contributed by atoms with E-state index in [-0.39, 0.29) is 5.56 Å². The van der Waals surface area contributed by atoms with Crippen molar-refractivity contribution in [2.75, 3.05) is 0 Å². The fraction of sp³-hybridized carbons (Fsp3) is 0.143. The number of pyridine rings is 1. The minimum Gasteiger partial charge on any atom is -0.478 e. The van der Waals surface area contributed by atoms with Crippen LogP contribution >= 0.6 is 0 Å². The standard InChI is InChI=1S/C14H13NO2/c1-9-7-10(2)13(15-8-9)11-5-3-4-6-12(11)14(16)17/h3-8H,1-2H3,(H,16,17). The molecule has 1 aromatic heterocycles. The summed E-state index contributed by atoms with van der Waals surface area (Å²) in [6.45, 7) is 3.90. The zero-order chi connectivity index (χ0) is 12.4. The molecule has 0 aliphatic rings. The molecule has 0 unspecified atom stereocenters. The first-order valence-electron chi connectivity index (χ1n) is 5.35. The topological polar surface area (TPSA) is 50.2 Å². The maximum absolute atomic E-state index is 11.1. The van der Waals surface area contributed by atoms with Crippen molar-refractivity contribution in [3.63, 3.8) is 0 Å². The van der Waals surface area contributed by atoms with Gasteiger partial charge in [-0.2, -0.15) is 0 Å². The van der Waals surface area contributed by atoms with Crippen LogP contribution in [0.2, 0.25) is 0 Å². The molecule has 2 rings (SSSR count). The molecular formula is C14H13NO2. The molecule has 0 amide bonds. The van der Waals surface area contributed by atoms with E-state index in [0.717, 1.165) is 16.8 Å². The van der Waals surface area contributed by atoms with Crippen molar-refractivity contribution >= 4 is 5.97 Å². The number of hydrogen-bond donors (Lipinski definition) is 1. The highest BCUT2D eigenvalue weighted by molar-refractivity contribution is 5.95. The highest BCUT2D eigenvalue weighted by Crippen LogP contribution is 2.25. The van der Waals surface area contributed by atoms with Gasteiger partial charge in [-0.1, -0.05) is 24.3 Å². The summed E-state index contributed by atoms with van der Waals surface area (Å²) in [7, 11) is 0. The monoisotopic (exact) mass is 227 g/mol. The second kappa shape index (κ2) is 4.37. The fourth-order valence-corrected chi connectivity index (χ4v) is 1.87. The number of benzene rings is 1. The molecule has 1 N–H and O–H groups in total. The highest BCUT2D eigenvalue weighted by Gasteiger charge is 2.13. The normalized spacial score (nSPS) is 10.2. The summed E-state index contributed by atoms with van der Waals surface area (Å²) in [6, 6.07) is 8.92. The Balaban J connectivity index is 2.64. The van der Waals surface area contributed by atoms with Gasteiger partial charge in [0.2, 0.25) is 0 Å². The summed E-state index contributed by atoms with van der Waals surface area (Å²) in [4.78, 5) is 15.5. The maximum Gasteiger partial charge on any atom is 0.336 e. The van der Waals surface area contributed by atoms with E-state index < -0.39 is 5.97 Å². The van der Waals surface area contributed by atoms with Gasteiger partial charge in [0.1, 0.15) is 0 Å². The molecule has 2 aromatic rings. The van der Waals surface area contributed by atoms with Gasteiger partial charge >= 0.3 is 5.97 Å². The van der Waals surface area contributed by atoms with Gasteiger partial charge < -0.3 is 5.11 Å². The summed E-state index contributed by atoms with van der Waals surface area (Å²) in [6.07, 6.45) is 1.75. The fourth-order valence-electron chi connectivity index (χ4n) is 1.87. The Morgan fingerprint density at radius 1 is 1.24 bits per heavy atom. The molecule has 86 valence electrons. The van der Waals surface area contributed by atoms with E-state index in [2.05, 4.69) is 4.98 Å². The summed E-state index contributed by atoms with van der Waals surface area (Å²) >= 11 is 0. The van der Waals surface area contributed by atoms with Crippen LogP contribution in [0.3, 0.4) is 0 Å². The van der Waals surface area contributed by atoms with Crippen molar-refractivity contribution in [2.24, 2.45) is 0 Å². The number of aromatic nitrogens is 1. The summed E-state index contributed by atoms with van der Waals surface area (Å²) < 4.78 is 0. The Hall–Kier alpha value is -2.16. The van der Waals surface area contributed by atoms with Crippen LogP contribution in [0.5, 0.6) is 0 Å². The maximum atomic E-state index is 11.1. The van der Waals surface area contributed by atoms with Crippen molar-refractivity contribution in [1.82, 2.24) is 4.98 Å². The average molecular weight is 227 g/mol. The Labute approximate surface area is 99.8 Å². The van der Waals surface area contributed by atoms with Crippen LogP contribution in [0.15, 0.2) is 36.5 Å². The van der Waals surface area contributed by atoms with Crippen LogP contribution in [0.4, 0.5) is 0 Å². The first-order chi connectivity index (χ1) is 8.09. The molecule has 3 heteroatoms. The molecule has 0 atom stereocenters. The zero-order valence-corrected chi connectivity index (χ0v) is 9.77. The summed E-state index contributed by atoms with van der Waals surface area (Å²) in [5.74, 6) is -0.928. The number of rotatable bonds is 2. The van der Waals surface area contributed by atoms with Gasteiger partial charge in [0.05, 0.1) is 11.3 Å². The molecule has 0 spiro atoms. The van der Waals surface area contributed by atoms with Gasteiger partial charge in [0.15, 0.2) is 0 Å². The van der Waals surface area contributed by atoms with Crippen LogP contribution in [0.1, 0.15) is 21.5 Å². The quantitative estimate of drug-likeness (QED) is 0.857. The van der Waals surface area contributed by atoms with Gasteiger partial charge in [-0.25, -0.2) is 4.79 Å². The number of carboxylic acids is 1. The van der Waals surface area contributed by atoms with Crippen LogP contribution in [0.25, 0.3) is 11.3 Å². The lowest BCUT2D eigenvalue weighted by Crippen LogP contribution is -2.01. The lowest BCUT2D eigenvalue weighted by Gasteiger charge is -2.08. The largest absolute Gasteiger partial charge is 0.478 e. The molecule has 0 aliphatic heterocycles. The average Bonchev–Trinajstić information content (AvgIpc) is 2.29. The summed E-state index contributed by atoms with van der Waals surface area (Å²) in [5.41, 5.74) is 3.73. The number of aromatic carboxylic acids is 1. The van der Waals surface area contributed by atoms with Gasteiger partial charge in [-0.3, -0.25) is 4.98 Å². The Morgan fingerprint density at radius 2 is 1.94 bits per heavy atom. The first kappa shape index (κ1) is 11.3. The summed E-state index contributed by atoms with van der Waals surface area (Å²) in [5, 5.41) is 9.14. The molecule has 0 fully saturated rings. The van der Waals surface area contributed by atoms with Gasteiger partial charge in [0, 0.05) is 11.8 Å². The third-order valence-corrected chi connectivity index (χ3v) is 2.63. The second-order valence-corrected chi connectivity index (χ2v) is 4.03. The van der Waals surface area contributed by atoms with Crippen LogP contribution < -0.4 is 0 Å². The number of carboxylic acid groups (broad SMARTS) is 1. The molecule has 0 bridgehead atoms. The van der Waals surface area contributed by atoms with E-state index in [0.29, 0.717) is 5.56 Å². The molecule has 17 heavy (non-hydrogen) atoms. The molecule has 0 radical (unpaired) electrons. The Bertz CT molecular complexity index is 576. The van der Waals surface area contributed by atoms with E-state index in [1.807, 2.05) is 26.0 Å². The van der Waals surface area contributed by atoms with Crippen molar-refractivity contribution in [2.45, 2.75) is 13.8 Å². The number of aryl methyl sites for hydroxylation is 2. The molecule has 0 aliphatic carbocycles. The molecule has 1 heterocycles. The predicted molar refractivity (Wildman–Crippen MR) is 66.1 cm³/mol. The van der Waals surface area contributed by atoms with Crippen molar-refractivity contribution in [3.8, 4) is 11.3 Å². The zero-order valence-electron chi connectivity index (χ0n) is 9.77. The second-order valence-electron chi connectivity index (χ2n) is 4.03. The first-order valence-corrected chi connectivity index (χ1v) is 5.35. The lowest BCUT2D eigenvalue weighted by molar-refractivity contribution is 0.0697. The van der Waals surface area contributed by atoms with Crippen LogP contribution in [0, 0.1) is 13.8 Å². The minimum absolute atomic E-state index is 0.284. The number of nitrogens with zero attached hydrogens (tertiary/aromatic N) is 1. The van der Waals surface area contributed by atoms with Crippen molar-refractivity contribution < 1.29 is 9.90 Å². The minimum atomic E-state index is -0.928. The SMILES string of the molecule is Cc1cnc(-c2ccccc2C(=O)O)c(C)c1. The molecule has 1 aromatic carbocycles. The van der Waals surface area contributed by atoms with Crippen LogP contribution in [-0.4, -0.2) is 16.1 Å². The Morgan fingerprint density at radius 3 is 2.59 bits per heavy atom. The number of hydrogen-bond acceptors (Lipinski definition) is 2. The van der Waals surface area contributed by atoms with Gasteiger partial charge in [0.25, 0.3) is 0 Å². The smallest absolute Gasteiger partial charge is 0.336 e. The molecular weight excluding hydrogens is 214 g/mol. The van der Waals surface area contributed by atoms with E-state index >= 15 is 0 Å².